The number of likely N-dealkylation sites (tertiary alicyclic amines) is 1. The van der Waals surface area contributed by atoms with Gasteiger partial charge in [0.1, 0.15) is 5.76 Å². The number of phenolic OH excluding ortho intramolecular Hbond substituents is 1. The maximum absolute atomic E-state index is 13.7. The van der Waals surface area contributed by atoms with E-state index in [-0.39, 0.29) is 46.5 Å². The number of benzene rings is 2. The van der Waals surface area contributed by atoms with Crippen molar-refractivity contribution >= 4 is 29.2 Å². The molecule has 1 amide bonds. The summed E-state index contributed by atoms with van der Waals surface area (Å²) in [7, 11) is 1.23. The van der Waals surface area contributed by atoms with Crippen LogP contribution < -0.4 is 10.1 Å². The number of methoxy groups -OCH3 is 1. The van der Waals surface area contributed by atoms with E-state index in [9.17, 15) is 24.9 Å². The Labute approximate surface area is 230 Å². The zero-order valence-corrected chi connectivity index (χ0v) is 22.1. The molecule has 39 heavy (non-hydrogen) atoms. The summed E-state index contributed by atoms with van der Waals surface area (Å²) in [6.45, 7) is 1.60. The highest BCUT2D eigenvalue weighted by atomic mass is 35.5. The van der Waals surface area contributed by atoms with Gasteiger partial charge in [0.25, 0.3) is 5.91 Å². The van der Waals surface area contributed by atoms with E-state index < -0.39 is 29.0 Å². The molecule has 4 N–H and O–H groups in total. The minimum absolute atomic E-state index is 0.0158. The molecule has 2 aliphatic heterocycles. The van der Waals surface area contributed by atoms with Crippen LogP contribution in [-0.2, 0) is 21.4 Å². The van der Waals surface area contributed by atoms with E-state index in [1.807, 2.05) is 6.07 Å². The van der Waals surface area contributed by atoms with Gasteiger partial charge in [0, 0.05) is 29.6 Å². The molecule has 204 valence electrons. The third-order valence-corrected chi connectivity index (χ3v) is 9.66. The molecule has 1 saturated carbocycles. The lowest BCUT2D eigenvalue weighted by molar-refractivity contribution is -0.172. The number of carbonyl (C=O) groups is 2. The molecule has 3 aliphatic carbocycles. The highest BCUT2D eigenvalue weighted by Crippen LogP contribution is 2.66. The number of halogens is 1. The van der Waals surface area contributed by atoms with Crippen LogP contribution in [0.3, 0.4) is 0 Å². The van der Waals surface area contributed by atoms with Gasteiger partial charge in [-0.15, -0.1) is 0 Å². The highest BCUT2D eigenvalue weighted by molar-refractivity contribution is 6.31. The Kier molecular flexibility index (Phi) is 5.31. The van der Waals surface area contributed by atoms with Crippen molar-refractivity contribution < 1.29 is 34.4 Å². The van der Waals surface area contributed by atoms with Gasteiger partial charge >= 0.3 is 5.97 Å². The number of aliphatic hydroxyl groups excluding tert-OH is 1. The lowest BCUT2D eigenvalue weighted by Gasteiger charge is -2.62. The van der Waals surface area contributed by atoms with E-state index in [1.165, 1.54) is 38.2 Å². The Morgan fingerprint density at radius 1 is 1.23 bits per heavy atom. The number of carbonyl (C=O) groups excluding carboxylic acids is 2. The van der Waals surface area contributed by atoms with Crippen molar-refractivity contribution in [3.63, 3.8) is 0 Å². The number of amides is 1. The standard InChI is InChI=1S/C29H29ClN2O7/c1-38-27(36)17-11-16(30)5-6-19(17)31-26(35)18-12-29(37)21-10-15-4-7-20(33)24-22(15)28(29,25(39-24)23(18)34)8-9-32(21)13-14-2-3-14/h4-7,11,14,21,25,33-34,37H,2-3,8-10,12-13H2,1H3,(H,31,35)/t21-,25+,28+,29-/m1/s1. The Bertz CT molecular complexity index is 1470. The predicted molar refractivity (Wildman–Crippen MR) is 141 cm³/mol. The second-order valence-corrected chi connectivity index (χ2v) is 11.9. The van der Waals surface area contributed by atoms with E-state index in [4.69, 9.17) is 21.1 Å². The number of hydrogen-bond acceptors (Lipinski definition) is 8. The Morgan fingerprint density at radius 3 is 2.77 bits per heavy atom. The largest absolute Gasteiger partial charge is 0.508 e. The molecule has 9 nitrogen and oxygen atoms in total. The quantitative estimate of drug-likeness (QED) is 0.415. The summed E-state index contributed by atoms with van der Waals surface area (Å²) < 4.78 is 11.1. The molecule has 0 radical (unpaired) electrons. The minimum Gasteiger partial charge on any atom is -0.508 e. The van der Waals surface area contributed by atoms with Gasteiger partial charge in [-0.2, -0.15) is 0 Å². The van der Waals surface area contributed by atoms with Crippen LogP contribution in [-0.4, -0.2) is 70.0 Å². The molecule has 4 atom stereocenters. The monoisotopic (exact) mass is 552 g/mol. The molecule has 2 aromatic carbocycles. The molecule has 2 bridgehead atoms. The SMILES string of the molecule is COC(=O)c1cc(Cl)ccc1NC(=O)C1=C(O)[C@@H]2Oc3c(O)ccc4c3[C@@]23CCN(CC2CC2)[C@H](C4)[C@]3(O)C1. The minimum atomic E-state index is -1.43. The van der Waals surface area contributed by atoms with Crippen LogP contribution in [0.1, 0.15) is 47.2 Å². The van der Waals surface area contributed by atoms with Crippen LogP contribution in [0.15, 0.2) is 41.7 Å². The van der Waals surface area contributed by atoms with Gasteiger partial charge in [-0.1, -0.05) is 17.7 Å². The number of ether oxygens (including phenoxy) is 2. The molecule has 5 aliphatic rings. The van der Waals surface area contributed by atoms with E-state index in [1.54, 1.807) is 6.07 Å². The predicted octanol–water partition coefficient (Wildman–Crippen LogP) is 3.46. The number of piperidine rings is 1. The van der Waals surface area contributed by atoms with Gasteiger partial charge in [-0.3, -0.25) is 9.69 Å². The second-order valence-electron chi connectivity index (χ2n) is 11.4. The molecule has 1 spiro atoms. The number of phenols is 1. The van der Waals surface area contributed by atoms with Gasteiger partial charge in [0.15, 0.2) is 17.6 Å². The summed E-state index contributed by atoms with van der Waals surface area (Å²) in [4.78, 5) is 28.4. The molecule has 2 heterocycles. The van der Waals surface area contributed by atoms with Crippen LogP contribution in [0.4, 0.5) is 5.69 Å². The first-order chi connectivity index (χ1) is 18.7. The molecule has 7 rings (SSSR count). The Balaban J connectivity index is 1.33. The summed E-state index contributed by atoms with van der Waals surface area (Å²) in [6.07, 6.45) is 2.27. The van der Waals surface area contributed by atoms with E-state index >= 15 is 0 Å². The average molecular weight is 553 g/mol. The molecule has 0 aromatic heterocycles. The van der Waals surface area contributed by atoms with Gasteiger partial charge in [0.05, 0.1) is 34.9 Å². The van der Waals surface area contributed by atoms with Crippen LogP contribution in [0.2, 0.25) is 5.02 Å². The van der Waals surface area contributed by atoms with Crippen molar-refractivity contribution in [1.29, 1.82) is 0 Å². The van der Waals surface area contributed by atoms with Crippen LogP contribution in [0.5, 0.6) is 11.5 Å². The van der Waals surface area contributed by atoms with Crippen molar-refractivity contribution in [3.05, 3.63) is 63.4 Å². The zero-order valence-electron chi connectivity index (χ0n) is 21.4. The Hall–Kier alpha value is -3.27. The van der Waals surface area contributed by atoms with E-state index in [0.717, 1.165) is 24.2 Å². The van der Waals surface area contributed by atoms with Gasteiger partial charge in [-0.25, -0.2) is 4.79 Å². The van der Waals surface area contributed by atoms with Crippen molar-refractivity contribution in [3.8, 4) is 11.5 Å². The smallest absolute Gasteiger partial charge is 0.340 e. The van der Waals surface area contributed by atoms with Crippen molar-refractivity contribution in [2.24, 2.45) is 5.92 Å². The summed E-state index contributed by atoms with van der Waals surface area (Å²) in [5, 5.41) is 38.0. The number of aliphatic hydroxyl groups is 2. The maximum Gasteiger partial charge on any atom is 0.340 e. The number of hydrogen-bond donors (Lipinski definition) is 4. The van der Waals surface area contributed by atoms with Crippen LogP contribution >= 0.6 is 11.6 Å². The Morgan fingerprint density at radius 2 is 2.03 bits per heavy atom. The lowest BCUT2D eigenvalue weighted by atomic mass is 9.49. The summed E-state index contributed by atoms with van der Waals surface area (Å²) in [5.74, 6) is -0.798. The summed E-state index contributed by atoms with van der Waals surface area (Å²) in [5.41, 5.74) is -0.477. The number of esters is 1. The van der Waals surface area contributed by atoms with E-state index in [0.29, 0.717) is 23.8 Å². The first kappa shape index (κ1) is 24.7. The normalized spacial score (nSPS) is 30.4. The lowest BCUT2D eigenvalue weighted by Crippen LogP contribution is -2.75. The van der Waals surface area contributed by atoms with Gasteiger partial charge in [-0.05, 0) is 68.0 Å². The fourth-order valence-corrected chi connectivity index (χ4v) is 7.64. The van der Waals surface area contributed by atoms with E-state index in [2.05, 4.69) is 10.2 Å². The van der Waals surface area contributed by atoms with Crippen LogP contribution in [0.25, 0.3) is 0 Å². The summed E-state index contributed by atoms with van der Waals surface area (Å²) >= 11 is 6.07. The third-order valence-electron chi connectivity index (χ3n) is 9.43. The first-order valence-electron chi connectivity index (χ1n) is 13.3. The van der Waals surface area contributed by atoms with Gasteiger partial charge < -0.3 is 30.1 Å². The average Bonchev–Trinajstić information content (AvgIpc) is 3.66. The zero-order chi connectivity index (χ0) is 27.3. The van der Waals surface area contributed by atoms with Crippen molar-refractivity contribution in [2.45, 2.75) is 55.3 Å². The van der Waals surface area contributed by atoms with Gasteiger partial charge in [0.2, 0.25) is 0 Å². The maximum atomic E-state index is 13.7. The number of nitrogens with zero attached hydrogens (tertiary/aromatic N) is 1. The molecule has 10 heteroatoms. The summed E-state index contributed by atoms with van der Waals surface area (Å²) in [6, 6.07) is 7.59. The molecule has 2 aromatic rings. The number of aromatic hydroxyl groups is 1. The fraction of sp³-hybridized carbons (Fsp3) is 0.448. The topological polar surface area (TPSA) is 129 Å². The number of anilines is 1. The molecular weight excluding hydrogens is 524 g/mol. The fourth-order valence-electron chi connectivity index (χ4n) is 7.47. The number of nitrogens with one attached hydrogen (secondary N) is 1. The second kappa shape index (κ2) is 8.36. The van der Waals surface area contributed by atoms with Crippen molar-refractivity contribution in [1.82, 2.24) is 4.90 Å². The molecular formula is C29H29ClN2O7. The first-order valence-corrected chi connectivity index (χ1v) is 13.7. The van der Waals surface area contributed by atoms with Crippen molar-refractivity contribution in [2.75, 3.05) is 25.5 Å². The third kappa shape index (κ3) is 3.33. The molecule has 2 fully saturated rings. The molecule has 1 saturated heterocycles. The van der Waals surface area contributed by atoms with Crippen LogP contribution in [0, 0.1) is 5.92 Å². The highest BCUT2D eigenvalue weighted by Gasteiger charge is 2.73. The number of rotatable bonds is 5. The molecule has 0 unspecified atom stereocenters.